The summed E-state index contributed by atoms with van der Waals surface area (Å²) in [5, 5.41) is 0. The number of nitrogens with zero attached hydrogens (tertiary/aromatic N) is 2. The average molecular weight is 174 g/mol. The Morgan fingerprint density at radius 1 is 1.73 bits per heavy atom. The SMILES string of the molecule is CN1CCCC(NN=S=N)C1. The van der Waals surface area contributed by atoms with Crippen molar-refractivity contribution < 1.29 is 0 Å². The van der Waals surface area contributed by atoms with Gasteiger partial charge in [-0.05, 0) is 26.4 Å². The molecule has 1 rings (SSSR count). The standard InChI is InChI=1S/C6H14N4S/c1-10-4-2-3-6(5-10)8-9-11-7/h6-8H,2-5H2,1H3. The van der Waals surface area contributed by atoms with Crippen molar-refractivity contribution in [2.24, 2.45) is 4.47 Å². The van der Waals surface area contributed by atoms with Crippen LogP contribution in [0.2, 0.25) is 0 Å². The Labute approximate surface area is 70.6 Å². The van der Waals surface area contributed by atoms with Crippen molar-refractivity contribution in [2.75, 3.05) is 20.1 Å². The lowest BCUT2D eigenvalue weighted by molar-refractivity contribution is 0.230. The van der Waals surface area contributed by atoms with E-state index in [1.807, 2.05) is 0 Å². The van der Waals surface area contributed by atoms with Crippen molar-refractivity contribution in [2.45, 2.75) is 18.9 Å². The van der Waals surface area contributed by atoms with Gasteiger partial charge in [0.2, 0.25) is 0 Å². The van der Waals surface area contributed by atoms with Gasteiger partial charge in [0, 0.05) is 12.6 Å². The summed E-state index contributed by atoms with van der Waals surface area (Å²) in [5.74, 6) is 0. The van der Waals surface area contributed by atoms with E-state index in [0.717, 1.165) is 17.9 Å². The number of likely N-dealkylation sites (tertiary alicyclic amines) is 1. The molecule has 1 aliphatic heterocycles. The van der Waals surface area contributed by atoms with Gasteiger partial charge in [-0.15, -0.1) is 4.47 Å². The summed E-state index contributed by atoms with van der Waals surface area (Å²) < 4.78 is 10.5. The monoisotopic (exact) mass is 174 g/mol. The molecule has 64 valence electrons. The van der Waals surface area contributed by atoms with Crippen LogP contribution in [0.3, 0.4) is 0 Å². The molecule has 5 heteroatoms. The molecule has 0 saturated carbocycles. The maximum absolute atomic E-state index is 6.75. The Morgan fingerprint density at radius 3 is 3.18 bits per heavy atom. The topological polar surface area (TPSA) is 51.5 Å². The maximum atomic E-state index is 6.75. The van der Waals surface area contributed by atoms with E-state index in [9.17, 15) is 0 Å². The Balaban J connectivity index is 2.27. The fourth-order valence-corrected chi connectivity index (χ4v) is 1.57. The summed E-state index contributed by atoms with van der Waals surface area (Å²) in [6.07, 6.45) is 2.40. The molecule has 1 saturated heterocycles. The lowest BCUT2D eigenvalue weighted by atomic mass is 10.1. The van der Waals surface area contributed by atoms with Gasteiger partial charge in [-0.2, -0.15) is 5.43 Å². The summed E-state index contributed by atoms with van der Waals surface area (Å²) in [6, 6.07) is 0.451. The van der Waals surface area contributed by atoms with Crippen LogP contribution in [0, 0.1) is 4.78 Å². The molecule has 1 fully saturated rings. The van der Waals surface area contributed by atoms with Crippen molar-refractivity contribution >= 4 is 11.4 Å². The van der Waals surface area contributed by atoms with Crippen LogP contribution in [0.4, 0.5) is 0 Å². The summed E-state index contributed by atoms with van der Waals surface area (Å²) in [4.78, 5) is 2.28. The first kappa shape index (κ1) is 8.83. The Kier molecular flexibility index (Phi) is 3.68. The molecule has 11 heavy (non-hydrogen) atoms. The highest BCUT2D eigenvalue weighted by atomic mass is 32.1. The first-order valence-electron chi connectivity index (χ1n) is 3.80. The van der Waals surface area contributed by atoms with Gasteiger partial charge in [0.05, 0.1) is 11.4 Å². The van der Waals surface area contributed by atoms with Crippen LogP contribution in [-0.4, -0.2) is 31.1 Å². The van der Waals surface area contributed by atoms with Gasteiger partial charge in [0.15, 0.2) is 0 Å². The molecule has 2 N–H and O–H groups in total. The molecule has 1 aliphatic rings. The highest BCUT2D eigenvalue weighted by Gasteiger charge is 2.15. The number of piperidine rings is 1. The lowest BCUT2D eigenvalue weighted by Crippen LogP contribution is -2.41. The van der Waals surface area contributed by atoms with E-state index >= 15 is 0 Å². The second-order valence-electron chi connectivity index (χ2n) is 2.91. The van der Waals surface area contributed by atoms with E-state index < -0.39 is 0 Å². The van der Waals surface area contributed by atoms with E-state index in [1.54, 1.807) is 0 Å². The minimum Gasteiger partial charge on any atom is -0.305 e. The van der Waals surface area contributed by atoms with E-state index in [0.29, 0.717) is 6.04 Å². The molecular formula is C6H14N4S. The zero-order valence-corrected chi connectivity index (χ0v) is 7.52. The third-order valence-corrected chi connectivity index (χ3v) is 2.10. The molecule has 4 nitrogen and oxygen atoms in total. The summed E-state index contributed by atoms with van der Waals surface area (Å²) in [5.41, 5.74) is 2.96. The molecule has 1 heterocycles. The Bertz CT molecular complexity index is 166. The second kappa shape index (κ2) is 4.58. The fourth-order valence-electron chi connectivity index (χ4n) is 1.37. The molecule has 0 aromatic carbocycles. The van der Waals surface area contributed by atoms with Gasteiger partial charge in [0.25, 0.3) is 0 Å². The highest BCUT2D eigenvalue weighted by molar-refractivity contribution is 7.55. The van der Waals surface area contributed by atoms with Crippen LogP contribution < -0.4 is 5.43 Å². The molecule has 0 amide bonds. The average Bonchev–Trinajstić information content (AvgIpc) is 2.01. The minimum absolute atomic E-state index is 0.451. The third kappa shape index (κ3) is 3.09. The lowest BCUT2D eigenvalue weighted by Gasteiger charge is -2.28. The summed E-state index contributed by atoms with van der Waals surface area (Å²) in [7, 11) is 2.11. The number of hydrogen-bond acceptors (Lipinski definition) is 3. The van der Waals surface area contributed by atoms with Crippen LogP contribution >= 0.6 is 0 Å². The molecule has 0 radical (unpaired) electrons. The maximum Gasteiger partial charge on any atom is 0.0735 e. The van der Waals surface area contributed by atoms with Gasteiger partial charge in [-0.3, -0.25) is 0 Å². The predicted molar refractivity (Wildman–Crippen MR) is 46.2 cm³/mol. The first-order chi connectivity index (χ1) is 5.33. The number of hydrogen-bond donors (Lipinski definition) is 2. The molecule has 1 atom stereocenters. The van der Waals surface area contributed by atoms with Crippen LogP contribution in [0.25, 0.3) is 0 Å². The van der Waals surface area contributed by atoms with Crippen LogP contribution in [0.5, 0.6) is 0 Å². The number of rotatable bonds is 2. The van der Waals surface area contributed by atoms with Crippen molar-refractivity contribution in [3.63, 3.8) is 0 Å². The molecule has 0 bridgehead atoms. The predicted octanol–water partition coefficient (Wildman–Crippen LogP) is 0.614. The number of nitrogens with one attached hydrogen (secondary N) is 2. The largest absolute Gasteiger partial charge is 0.305 e. The summed E-state index contributed by atoms with van der Waals surface area (Å²) >= 11 is 0.742. The van der Waals surface area contributed by atoms with Crippen molar-refractivity contribution in [1.29, 1.82) is 4.78 Å². The zero-order chi connectivity index (χ0) is 8.10. The smallest absolute Gasteiger partial charge is 0.0735 e. The van der Waals surface area contributed by atoms with Gasteiger partial charge < -0.3 is 4.90 Å². The van der Waals surface area contributed by atoms with Gasteiger partial charge in [-0.25, -0.2) is 4.78 Å². The highest BCUT2D eigenvalue weighted by Crippen LogP contribution is 2.07. The third-order valence-electron chi connectivity index (χ3n) is 1.91. The van der Waals surface area contributed by atoms with Gasteiger partial charge in [-0.1, -0.05) is 0 Å². The number of likely N-dealkylation sites (N-methyl/N-ethyl adjacent to an activating group) is 1. The van der Waals surface area contributed by atoms with Crippen molar-refractivity contribution in [3.05, 3.63) is 0 Å². The van der Waals surface area contributed by atoms with Crippen molar-refractivity contribution in [3.8, 4) is 0 Å². The molecule has 0 aliphatic carbocycles. The molecule has 1 unspecified atom stereocenters. The van der Waals surface area contributed by atoms with Gasteiger partial charge >= 0.3 is 0 Å². The van der Waals surface area contributed by atoms with E-state index in [-0.39, 0.29) is 0 Å². The Morgan fingerprint density at radius 2 is 2.55 bits per heavy atom. The summed E-state index contributed by atoms with van der Waals surface area (Å²) in [6.45, 7) is 2.23. The Hall–Kier alpha value is -0.260. The fraction of sp³-hybridized carbons (Fsp3) is 1.00. The van der Waals surface area contributed by atoms with Crippen LogP contribution in [0.15, 0.2) is 4.47 Å². The van der Waals surface area contributed by atoms with Gasteiger partial charge in [0.1, 0.15) is 0 Å². The van der Waals surface area contributed by atoms with E-state index in [1.165, 1.54) is 19.4 Å². The first-order valence-corrected chi connectivity index (χ1v) is 4.57. The quantitative estimate of drug-likeness (QED) is 0.603. The molecular weight excluding hydrogens is 160 g/mol. The normalized spacial score (nSPS) is 26.5. The van der Waals surface area contributed by atoms with Crippen LogP contribution in [0.1, 0.15) is 12.8 Å². The molecule has 0 aromatic heterocycles. The molecule has 0 aromatic rings. The van der Waals surface area contributed by atoms with E-state index in [4.69, 9.17) is 4.78 Å². The minimum atomic E-state index is 0.451. The van der Waals surface area contributed by atoms with E-state index in [2.05, 4.69) is 21.8 Å². The zero-order valence-electron chi connectivity index (χ0n) is 6.71. The van der Waals surface area contributed by atoms with Crippen molar-refractivity contribution in [1.82, 2.24) is 10.3 Å². The van der Waals surface area contributed by atoms with Crippen LogP contribution in [-0.2, 0) is 11.4 Å². The second-order valence-corrected chi connectivity index (χ2v) is 3.28. The molecule has 0 spiro atoms.